The van der Waals surface area contributed by atoms with Crippen LogP contribution in [0.25, 0.3) is 0 Å². The van der Waals surface area contributed by atoms with Crippen LogP contribution in [0.15, 0.2) is 0 Å². The molecule has 0 aliphatic carbocycles. The van der Waals surface area contributed by atoms with Gasteiger partial charge >= 0.3 is 12.0 Å². The fourth-order valence-electron chi connectivity index (χ4n) is 3.31. The largest absolute Gasteiger partial charge is 0.481 e. The normalized spacial score (nSPS) is 31.6. The van der Waals surface area contributed by atoms with Gasteiger partial charge in [0.05, 0.1) is 5.41 Å². The molecule has 0 saturated carbocycles. The highest BCUT2D eigenvalue weighted by molar-refractivity contribution is 5.79. The first kappa shape index (κ1) is 14.2. The lowest BCUT2D eigenvalue weighted by Gasteiger charge is -2.41. The van der Waals surface area contributed by atoms with Gasteiger partial charge in [-0.25, -0.2) is 4.79 Å². The van der Waals surface area contributed by atoms with E-state index in [9.17, 15) is 14.7 Å². The van der Waals surface area contributed by atoms with Crippen molar-refractivity contribution in [3.63, 3.8) is 0 Å². The first-order valence-corrected chi connectivity index (χ1v) is 7.29. The van der Waals surface area contributed by atoms with Gasteiger partial charge in [-0.2, -0.15) is 0 Å². The number of aliphatic carboxylic acids is 1. The summed E-state index contributed by atoms with van der Waals surface area (Å²) in [6, 6.07) is 0.319. The van der Waals surface area contributed by atoms with E-state index < -0.39 is 11.4 Å². The topological polar surface area (TPSA) is 60.9 Å². The van der Waals surface area contributed by atoms with Gasteiger partial charge in [-0.1, -0.05) is 6.92 Å². The lowest BCUT2D eigenvalue weighted by molar-refractivity contribution is -0.152. The monoisotopic (exact) mass is 268 g/mol. The number of rotatable bonds is 2. The van der Waals surface area contributed by atoms with Gasteiger partial charge in [0.15, 0.2) is 0 Å². The number of amides is 2. The third kappa shape index (κ3) is 2.55. The molecule has 2 saturated heterocycles. The number of likely N-dealkylation sites (tertiary alicyclic amines) is 2. The van der Waals surface area contributed by atoms with Crippen molar-refractivity contribution < 1.29 is 14.7 Å². The lowest BCUT2D eigenvalue weighted by atomic mass is 9.78. The van der Waals surface area contributed by atoms with E-state index >= 15 is 0 Å². The van der Waals surface area contributed by atoms with Crippen molar-refractivity contribution in [3.05, 3.63) is 0 Å². The van der Waals surface area contributed by atoms with Gasteiger partial charge in [-0.15, -0.1) is 0 Å². The lowest BCUT2D eigenvalue weighted by Crippen LogP contribution is -2.53. The molecule has 19 heavy (non-hydrogen) atoms. The van der Waals surface area contributed by atoms with Crippen LogP contribution in [-0.4, -0.2) is 52.6 Å². The summed E-state index contributed by atoms with van der Waals surface area (Å²) in [6.45, 7) is 5.83. The molecule has 2 amide bonds. The van der Waals surface area contributed by atoms with Crippen molar-refractivity contribution in [2.45, 2.75) is 52.0 Å². The Kier molecular flexibility index (Phi) is 4.02. The smallest absolute Gasteiger partial charge is 0.320 e. The second kappa shape index (κ2) is 5.39. The van der Waals surface area contributed by atoms with Crippen molar-refractivity contribution in [2.75, 3.05) is 19.6 Å². The fraction of sp³-hybridized carbons (Fsp3) is 0.857. The molecule has 2 unspecified atom stereocenters. The summed E-state index contributed by atoms with van der Waals surface area (Å²) in [5.74, 6) is -0.762. The predicted molar refractivity (Wildman–Crippen MR) is 72.0 cm³/mol. The summed E-state index contributed by atoms with van der Waals surface area (Å²) in [5.41, 5.74) is -0.739. The van der Waals surface area contributed by atoms with Crippen molar-refractivity contribution in [1.29, 1.82) is 0 Å². The molecular formula is C14H24N2O3. The summed E-state index contributed by atoms with van der Waals surface area (Å²) in [4.78, 5) is 27.7. The van der Waals surface area contributed by atoms with E-state index in [0.29, 0.717) is 25.9 Å². The molecule has 2 heterocycles. The molecule has 0 spiro atoms. The summed E-state index contributed by atoms with van der Waals surface area (Å²) in [5, 5.41) is 9.45. The Labute approximate surface area is 114 Å². The Morgan fingerprint density at radius 1 is 1.32 bits per heavy atom. The minimum Gasteiger partial charge on any atom is -0.481 e. The molecule has 5 heteroatoms. The Hall–Kier alpha value is -1.26. The van der Waals surface area contributed by atoms with Crippen LogP contribution in [0.5, 0.6) is 0 Å². The maximum Gasteiger partial charge on any atom is 0.320 e. The molecule has 2 fully saturated rings. The summed E-state index contributed by atoms with van der Waals surface area (Å²) in [6.07, 6.45) is 4.16. The number of nitrogens with zero attached hydrogens (tertiary/aromatic N) is 2. The van der Waals surface area contributed by atoms with Crippen molar-refractivity contribution >= 4 is 12.0 Å². The van der Waals surface area contributed by atoms with Gasteiger partial charge in [0.2, 0.25) is 0 Å². The maximum atomic E-state index is 12.5. The maximum absolute atomic E-state index is 12.5. The average molecular weight is 268 g/mol. The quantitative estimate of drug-likeness (QED) is 0.835. The zero-order valence-corrected chi connectivity index (χ0v) is 11.9. The zero-order chi connectivity index (χ0) is 14.0. The van der Waals surface area contributed by atoms with Crippen molar-refractivity contribution in [3.8, 4) is 0 Å². The van der Waals surface area contributed by atoms with Crippen molar-refractivity contribution in [1.82, 2.24) is 9.80 Å². The number of piperidine rings is 1. The molecule has 0 aromatic rings. The minimum atomic E-state index is -0.762. The van der Waals surface area contributed by atoms with Crippen LogP contribution in [0.1, 0.15) is 46.0 Å². The summed E-state index contributed by atoms with van der Waals surface area (Å²) < 4.78 is 0. The predicted octanol–water partition coefficient (Wildman–Crippen LogP) is 2.17. The van der Waals surface area contributed by atoms with Gasteiger partial charge in [0.25, 0.3) is 0 Å². The molecule has 5 nitrogen and oxygen atoms in total. The van der Waals surface area contributed by atoms with E-state index in [4.69, 9.17) is 0 Å². The van der Waals surface area contributed by atoms with Crippen LogP contribution in [-0.2, 0) is 4.79 Å². The molecule has 108 valence electrons. The van der Waals surface area contributed by atoms with Crippen LogP contribution < -0.4 is 0 Å². The average Bonchev–Trinajstić information content (AvgIpc) is 2.84. The zero-order valence-electron chi connectivity index (χ0n) is 11.9. The highest BCUT2D eigenvalue weighted by atomic mass is 16.4. The third-order valence-electron chi connectivity index (χ3n) is 4.78. The number of carboxylic acids is 1. The van der Waals surface area contributed by atoms with E-state index in [0.717, 1.165) is 25.8 Å². The molecular weight excluding hydrogens is 244 g/mol. The Bertz CT molecular complexity index is 372. The van der Waals surface area contributed by atoms with E-state index in [1.54, 1.807) is 4.90 Å². The number of carbonyl (C=O) groups is 2. The van der Waals surface area contributed by atoms with E-state index in [1.807, 2.05) is 11.8 Å². The number of hydrogen-bond acceptors (Lipinski definition) is 2. The van der Waals surface area contributed by atoms with Gasteiger partial charge < -0.3 is 14.9 Å². The van der Waals surface area contributed by atoms with Gasteiger partial charge in [-0.05, 0) is 39.0 Å². The Balaban J connectivity index is 2.08. The summed E-state index contributed by atoms with van der Waals surface area (Å²) >= 11 is 0. The summed E-state index contributed by atoms with van der Waals surface area (Å²) in [7, 11) is 0. The van der Waals surface area contributed by atoms with Crippen LogP contribution in [0.4, 0.5) is 4.79 Å². The SMILES string of the molecule is CCC1(C(=O)O)CCCN(C(=O)N2CCCC2C)C1. The van der Waals surface area contributed by atoms with Crippen LogP contribution in [0, 0.1) is 5.41 Å². The van der Waals surface area contributed by atoms with Crippen LogP contribution >= 0.6 is 0 Å². The highest BCUT2D eigenvalue weighted by Crippen LogP contribution is 2.34. The molecule has 1 N–H and O–H groups in total. The number of carboxylic acid groups (broad SMARTS) is 1. The number of hydrogen-bond donors (Lipinski definition) is 1. The molecule has 0 aromatic heterocycles. The third-order valence-corrected chi connectivity index (χ3v) is 4.78. The molecule has 2 aliphatic rings. The number of carbonyl (C=O) groups excluding carboxylic acids is 1. The minimum absolute atomic E-state index is 0.0313. The molecule has 2 atom stereocenters. The Morgan fingerprint density at radius 2 is 2.05 bits per heavy atom. The standard InChI is InChI=1S/C14H24N2O3/c1-3-14(12(17)18)7-5-8-15(10-14)13(19)16-9-4-6-11(16)2/h11H,3-10H2,1-2H3,(H,17,18). The van der Waals surface area contributed by atoms with Gasteiger partial charge in [0.1, 0.15) is 0 Å². The van der Waals surface area contributed by atoms with Gasteiger partial charge in [0, 0.05) is 25.7 Å². The molecule has 0 radical (unpaired) electrons. The first-order chi connectivity index (χ1) is 9.00. The molecule has 2 rings (SSSR count). The van der Waals surface area contributed by atoms with Gasteiger partial charge in [-0.3, -0.25) is 4.79 Å². The first-order valence-electron chi connectivity index (χ1n) is 7.29. The molecule has 2 aliphatic heterocycles. The van der Waals surface area contributed by atoms with E-state index in [2.05, 4.69) is 6.92 Å². The second-order valence-electron chi connectivity index (χ2n) is 5.93. The van der Waals surface area contributed by atoms with E-state index in [1.165, 1.54) is 0 Å². The van der Waals surface area contributed by atoms with Crippen LogP contribution in [0.3, 0.4) is 0 Å². The molecule has 0 aromatic carbocycles. The van der Waals surface area contributed by atoms with Crippen molar-refractivity contribution in [2.24, 2.45) is 5.41 Å². The Morgan fingerprint density at radius 3 is 2.58 bits per heavy atom. The van der Waals surface area contributed by atoms with E-state index in [-0.39, 0.29) is 12.1 Å². The van der Waals surface area contributed by atoms with Crippen LogP contribution in [0.2, 0.25) is 0 Å². The number of urea groups is 1. The molecule has 0 bridgehead atoms. The fourth-order valence-corrected chi connectivity index (χ4v) is 3.31. The highest BCUT2D eigenvalue weighted by Gasteiger charge is 2.43. The second-order valence-corrected chi connectivity index (χ2v) is 5.93.